The molecule has 0 aliphatic carbocycles. The summed E-state index contributed by atoms with van der Waals surface area (Å²) in [6.45, 7) is 7.80. The van der Waals surface area contributed by atoms with Crippen LogP contribution in [0.25, 0.3) is 0 Å². The normalized spacial score (nSPS) is 12.5. The van der Waals surface area contributed by atoms with Gasteiger partial charge in [0.15, 0.2) is 0 Å². The quantitative estimate of drug-likeness (QED) is 0.463. The molecule has 22 heavy (non-hydrogen) atoms. The summed E-state index contributed by atoms with van der Waals surface area (Å²) < 4.78 is 10.2. The van der Waals surface area contributed by atoms with Gasteiger partial charge in [-0.3, -0.25) is 4.79 Å². The van der Waals surface area contributed by atoms with Crippen molar-refractivity contribution in [3.05, 3.63) is 23.8 Å². The number of carbonyl (C=O) groups is 1. The van der Waals surface area contributed by atoms with Gasteiger partial charge in [0.1, 0.15) is 11.4 Å². The van der Waals surface area contributed by atoms with Gasteiger partial charge in [0.25, 0.3) is 6.47 Å². The Labute approximate surface area is 141 Å². The minimum absolute atomic E-state index is 0.318. The van der Waals surface area contributed by atoms with Crippen LogP contribution in [0.1, 0.15) is 39.2 Å². The van der Waals surface area contributed by atoms with E-state index in [4.69, 9.17) is 4.74 Å². The zero-order chi connectivity index (χ0) is 16.4. The largest absolute Gasteiger partial charge is 0.494 e. The Kier molecular flexibility index (Phi) is 8.31. The molecule has 1 aliphatic rings. The van der Waals surface area contributed by atoms with Gasteiger partial charge in [-0.1, -0.05) is 15.9 Å². The number of benzene rings is 1. The average molecular weight is 372 g/mol. The fourth-order valence-corrected chi connectivity index (χ4v) is 2.30. The number of hydrogen-bond donors (Lipinski definition) is 1. The van der Waals surface area contributed by atoms with Crippen LogP contribution in [-0.2, 0) is 16.0 Å². The van der Waals surface area contributed by atoms with Crippen molar-refractivity contribution >= 4 is 28.1 Å². The number of ether oxygens (including phenoxy) is 2. The second-order valence-corrected chi connectivity index (χ2v) is 6.86. The molecule has 0 saturated heterocycles. The first-order chi connectivity index (χ1) is 10.5. The standard InChI is InChI=1S/C12H16BrNO.C5H10O2/c13-6-1-2-8-15-11-3-4-12-10(9-11)5-7-14-12;1-5(2,3)7-4-6/h3-4,9,14H,1-2,5-8H2;4H,1-3H3. The van der Waals surface area contributed by atoms with Crippen LogP contribution in [0.5, 0.6) is 5.75 Å². The molecule has 0 aromatic heterocycles. The third-order valence-corrected chi connectivity index (χ3v) is 3.55. The van der Waals surface area contributed by atoms with Gasteiger partial charge in [0, 0.05) is 17.6 Å². The zero-order valence-corrected chi connectivity index (χ0v) is 15.2. The molecule has 0 fully saturated rings. The molecule has 1 aromatic rings. The van der Waals surface area contributed by atoms with E-state index in [-0.39, 0.29) is 5.60 Å². The number of fused-ring (bicyclic) bond motifs is 1. The molecule has 0 atom stereocenters. The van der Waals surface area contributed by atoms with E-state index in [9.17, 15) is 4.79 Å². The molecular formula is C17H26BrNO3. The van der Waals surface area contributed by atoms with Gasteiger partial charge in [-0.2, -0.15) is 0 Å². The fourth-order valence-electron chi connectivity index (χ4n) is 1.90. The highest BCUT2D eigenvalue weighted by molar-refractivity contribution is 9.09. The number of anilines is 1. The van der Waals surface area contributed by atoms with Crippen molar-refractivity contribution in [1.29, 1.82) is 0 Å². The summed E-state index contributed by atoms with van der Waals surface area (Å²) in [6, 6.07) is 6.32. The number of nitrogens with one attached hydrogen (secondary N) is 1. The van der Waals surface area contributed by atoms with Gasteiger partial charge in [0.2, 0.25) is 0 Å². The van der Waals surface area contributed by atoms with Crippen LogP contribution in [0.3, 0.4) is 0 Å². The lowest BCUT2D eigenvalue weighted by Crippen LogP contribution is -2.17. The molecule has 0 amide bonds. The Balaban J connectivity index is 0.000000295. The van der Waals surface area contributed by atoms with E-state index in [0.29, 0.717) is 6.47 Å². The lowest BCUT2D eigenvalue weighted by atomic mass is 10.1. The van der Waals surface area contributed by atoms with Gasteiger partial charge < -0.3 is 14.8 Å². The highest BCUT2D eigenvalue weighted by Crippen LogP contribution is 2.26. The number of unbranched alkanes of at least 4 members (excludes halogenated alkanes) is 1. The summed E-state index contributed by atoms with van der Waals surface area (Å²) in [5.41, 5.74) is 2.33. The van der Waals surface area contributed by atoms with Gasteiger partial charge in [0.05, 0.1) is 6.61 Å². The summed E-state index contributed by atoms with van der Waals surface area (Å²) in [5.74, 6) is 1.01. The van der Waals surface area contributed by atoms with Crippen molar-refractivity contribution in [2.45, 2.75) is 45.6 Å². The second-order valence-electron chi connectivity index (χ2n) is 6.07. The van der Waals surface area contributed by atoms with Gasteiger partial charge in [-0.15, -0.1) is 0 Å². The molecule has 0 bridgehead atoms. The molecule has 1 aliphatic heterocycles. The van der Waals surface area contributed by atoms with Crippen LogP contribution in [0.4, 0.5) is 5.69 Å². The third kappa shape index (κ3) is 7.69. The minimum atomic E-state index is -0.318. The van der Waals surface area contributed by atoms with Crippen LogP contribution < -0.4 is 10.1 Å². The van der Waals surface area contributed by atoms with Crippen LogP contribution in [0.15, 0.2) is 18.2 Å². The van der Waals surface area contributed by atoms with Crippen molar-refractivity contribution in [3.8, 4) is 5.75 Å². The predicted octanol–water partition coefficient (Wildman–Crippen LogP) is 4.17. The van der Waals surface area contributed by atoms with Crippen molar-refractivity contribution in [2.24, 2.45) is 0 Å². The smallest absolute Gasteiger partial charge is 0.293 e. The van der Waals surface area contributed by atoms with Gasteiger partial charge in [-0.25, -0.2) is 0 Å². The molecule has 2 rings (SSSR count). The van der Waals surface area contributed by atoms with Crippen LogP contribution in [0, 0.1) is 0 Å². The van der Waals surface area contributed by atoms with E-state index in [1.807, 2.05) is 26.8 Å². The van der Waals surface area contributed by atoms with E-state index in [1.165, 1.54) is 17.7 Å². The summed E-state index contributed by atoms with van der Waals surface area (Å²) in [5, 5.41) is 4.40. The monoisotopic (exact) mass is 371 g/mol. The van der Waals surface area contributed by atoms with Crippen LogP contribution in [0.2, 0.25) is 0 Å². The third-order valence-electron chi connectivity index (χ3n) is 2.98. The molecular weight excluding hydrogens is 346 g/mol. The highest BCUT2D eigenvalue weighted by atomic mass is 79.9. The number of rotatable bonds is 6. The minimum Gasteiger partial charge on any atom is -0.494 e. The molecule has 1 N–H and O–H groups in total. The average Bonchev–Trinajstić information content (AvgIpc) is 2.90. The maximum Gasteiger partial charge on any atom is 0.293 e. The summed E-state index contributed by atoms with van der Waals surface area (Å²) >= 11 is 3.41. The van der Waals surface area contributed by atoms with E-state index >= 15 is 0 Å². The molecule has 5 heteroatoms. The van der Waals surface area contributed by atoms with Gasteiger partial charge in [-0.05, 0) is 63.8 Å². The second kappa shape index (κ2) is 9.72. The first kappa shape index (κ1) is 18.8. The predicted molar refractivity (Wildman–Crippen MR) is 94.1 cm³/mol. The first-order valence-electron chi connectivity index (χ1n) is 7.63. The lowest BCUT2D eigenvalue weighted by molar-refractivity contribution is -0.138. The van der Waals surface area contributed by atoms with Crippen LogP contribution in [-0.4, -0.2) is 30.6 Å². The number of carbonyl (C=O) groups excluding carboxylic acids is 1. The molecule has 0 unspecified atom stereocenters. The number of alkyl halides is 1. The lowest BCUT2D eigenvalue weighted by Gasteiger charge is -2.14. The van der Waals surface area contributed by atoms with Crippen molar-refractivity contribution in [3.63, 3.8) is 0 Å². The first-order valence-corrected chi connectivity index (χ1v) is 8.75. The maximum atomic E-state index is 9.60. The Hall–Kier alpha value is -1.23. The molecule has 1 aromatic carbocycles. The molecule has 0 radical (unpaired) electrons. The summed E-state index contributed by atoms with van der Waals surface area (Å²) in [7, 11) is 0. The summed E-state index contributed by atoms with van der Waals surface area (Å²) in [4.78, 5) is 9.60. The molecule has 0 saturated carbocycles. The Morgan fingerprint density at radius 3 is 2.68 bits per heavy atom. The molecule has 4 nitrogen and oxygen atoms in total. The number of halogens is 1. The Morgan fingerprint density at radius 1 is 1.32 bits per heavy atom. The van der Waals surface area contributed by atoms with E-state index < -0.39 is 0 Å². The number of hydrogen-bond acceptors (Lipinski definition) is 4. The van der Waals surface area contributed by atoms with Crippen molar-refractivity contribution in [1.82, 2.24) is 0 Å². The van der Waals surface area contributed by atoms with Crippen LogP contribution >= 0.6 is 15.9 Å². The summed E-state index contributed by atoms with van der Waals surface area (Å²) in [6.07, 6.45) is 3.40. The SMILES string of the molecule is BrCCCCOc1ccc2c(c1)CCN2.CC(C)(C)OC=O. The maximum absolute atomic E-state index is 9.60. The van der Waals surface area contributed by atoms with Crippen molar-refractivity contribution in [2.75, 3.05) is 23.8 Å². The van der Waals surface area contributed by atoms with E-state index in [1.54, 1.807) is 0 Å². The van der Waals surface area contributed by atoms with E-state index in [2.05, 4.69) is 38.1 Å². The van der Waals surface area contributed by atoms with E-state index in [0.717, 1.165) is 37.1 Å². The Bertz CT molecular complexity index is 458. The molecule has 1 heterocycles. The Morgan fingerprint density at radius 2 is 2.09 bits per heavy atom. The van der Waals surface area contributed by atoms with Gasteiger partial charge >= 0.3 is 0 Å². The molecule has 124 valence electrons. The van der Waals surface area contributed by atoms with Crippen molar-refractivity contribution < 1.29 is 14.3 Å². The zero-order valence-electron chi connectivity index (χ0n) is 13.7. The fraction of sp³-hybridized carbons (Fsp3) is 0.588. The molecule has 0 spiro atoms. The highest BCUT2D eigenvalue weighted by Gasteiger charge is 2.10. The topological polar surface area (TPSA) is 47.6 Å².